The number of aromatic amines is 3. The van der Waals surface area contributed by atoms with Gasteiger partial charge in [0.15, 0.2) is 40.7 Å². The van der Waals surface area contributed by atoms with Crippen LogP contribution in [0.25, 0.3) is 51.2 Å². The molecule has 1 aliphatic rings. The Hall–Kier alpha value is -10.2. The van der Waals surface area contributed by atoms with E-state index in [2.05, 4.69) is 71.5 Å². The number of imidazole rings is 2. The Balaban J connectivity index is 0.000000143. The Morgan fingerprint density at radius 2 is 1.17 bits per heavy atom. The van der Waals surface area contributed by atoms with Gasteiger partial charge in [0.1, 0.15) is 29.7 Å². The highest BCUT2D eigenvalue weighted by atomic mass is 35.5. The molecule has 8 N–H and O–H groups in total. The van der Waals surface area contributed by atoms with Crippen LogP contribution in [0, 0.1) is 23.3 Å². The molecule has 0 radical (unpaired) electrons. The maximum Gasteiger partial charge on any atom is 0.267 e. The normalized spacial score (nSPS) is 12.7. The number of nitrogens with two attached hydrogens (primary N) is 1. The summed E-state index contributed by atoms with van der Waals surface area (Å²) in [5, 5.41) is 32.7. The van der Waals surface area contributed by atoms with Gasteiger partial charge in [0.2, 0.25) is 5.95 Å². The van der Waals surface area contributed by atoms with E-state index in [0.29, 0.717) is 75.2 Å². The Labute approximate surface area is 495 Å². The third-order valence-corrected chi connectivity index (χ3v) is 14.1. The molecule has 8 aromatic heterocycles. The van der Waals surface area contributed by atoms with E-state index in [1.165, 1.54) is 46.1 Å². The van der Waals surface area contributed by atoms with Crippen molar-refractivity contribution in [3.8, 4) is 51.2 Å². The molecule has 3 aromatic carbocycles. The van der Waals surface area contributed by atoms with Crippen molar-refractivity contribution in [3.05, 3.63) is 192 Å². The summed E-state index contributed by atoms with van der Waals surface area (Å²) in [5.41, 5.74) is 9.29. The van der Waals surface area contributed by atoms with Crippen LogP contribution in [0.15, 0.2) is 141 Å². The molecule has 3 amide bonds. The fourth-order valence-corrected chi connectivity index (χ4v) is 9.36. The number of hydrogen-bond donors (Lipinski definition) is 7. The van der Waals surface area contributed by atoms with E-state index < -0.39 is 23.3 Å². The standard InChI is InChI=1S/C19H18Cl2N8O.C19H17F2N7O.C18H17F2N5O2/c20-13-3-1-4-15(16(13)21)29-17(26-27-19(29)22)12-9-14(25-10-12)18(30)24-5-2-7-28-8-6-23-11-28;20-15-4-1-3-14(17(15)21)18-26-25-12-28(18)13-9-16(24-10-13)19(29)23-5-2-7-27-8-6-22-11-27;19-14-5-1-4-13(16(14)20)17-24-23-10-25(17)11-7-15(21-8-11)18(26)22-9-12-3-2-6-27-12/h1,3-4,6,8-11,25H,2,5,7H2,(H2,22,27)(H,24,30);1,3-4,6,8-12,24H,2,5,7H2,(H,23,29);1,4-5,7-8,10,12,21H,2-3,6,9H2,(H,22,26)/t;;12-/m..0/s1. The summed E-state index contributed by atoms with van der Waals surface area (Å²) in [6, 6.07) is 17.8. The number of nitrogens with zero attached hydrogens (tertiary/aromatic N) is 13. The topological polar surface area (TPSA) is 298 Å². The fraction of sp³-hybridized carbons (Fsp3) is 0.196. The Kier molecular flexibility index (Phi) is 18.8. The summed E-state index contributed by atoms with van der Waals surface area (Å²) < 4.78 is 69.2. The van der Waals surface area contributed by atoms with Gasteiger partial charge in [-0.1, -0.05) is 41.4 Å². The van der Waals surface area contributed by atoms with Crippen LogP contribution in [0.5, 0.6) is 0 Å². The zero-order valence-corrected chi connectivity index (χ0v) is 46.7. The SMILES string of the molecule is Nc1nnc(-c2c[nH]c(C(=O)NCCCn3ccnc3)c2)n1-c1cccc(Cl)c1Cl.O=C(NCCCn1ccnc1)c1cc(-n2cnnc2-c2cccc(F)c2F)c[nH]1.O=C(NC[C@@H]1CCCO1)c1cc(-n2cnnc2-c2cccc(F)c2F)c[nH]1. The average molecular weight is 1220 g/mol. The first-order valence-corrected chi connectivity index (χ1v) is 27.3. The van der Waals surface area contributed by atoms with Crippen molar-refractivity contribution in [1.82, 2.24) is 94.3 Å². The van der Waals surface area contributed by atoms with Gasteiger partial charge in [0.05, 0.1) is 57.0 Å². The van der Waals surface area contributed by atoms with Crippen LogP contribution >= 0.6 is 23.2 Å². The van der Waals surface area contributed by atoms with Crippen molar-refractivity contribution in [3.63, 3.8) is 0 Å². The molecule has 0 saturated carbocycles. The van der Waals surface area contributed by atoms with Crippen LogP contribution in [0.1, 0.15) is 57.1 Å². The minimum Gasteiger partial charge on any atom is -0.376 e. The second-order valence-corrected chi connectivity index (χ2v) is 19.8. The number of nitrogen functional groups attached to an aromatic ring is 1. The monoisotopic (exact) mass is 1210 g/mol. The minimum absolute atomic E-state index is 0.0157. The van der Waals surface area contributed by atoms with Crippen molar-refractivity contribution in [2.75, 3.05) is 32.0 Å². The van der Waals surface area contributed by atoms with Gasteiger partial charge in [-0.15, -0.1) is 30.6 Å². The number of rotatable bonds is 19. The van der Waals surface area contributed by atoms with E-state index in [1.807, 2.05) is 21.5 Å². The quantitative estimate of drug-likeness (QED) is 0.0297. The Bertz CT molecular complexity index is 4070. The van der Waals surface area contributed by atoms with Gasteiger partial charge in [-0.25, -0.2) is 27.5 Å². The van der Waals surface area contributed by atoms with Crippen LogP contribution in [0.3, 0.4) is 0 Å². The number of carbonyl (C=O) groups is 3. The van der Waals surface area contributed by atoms with Crippen molar-refractivity contribution in [1.29, 1.82) is 0 Å². The number of aromatic nitrogens is 16. The largest absolute Gasteiger partial charge is 0.376 e. The molecule has 0 unspecified atom stereocenters. The molecule has 24 nitrogen and oxygen atoms in total. The van der Waals surface area contributed by atoms with E-state index in [4.69, 9.17) is 33.7 Å². The van der Waals surface area contributed by atoms with E-state index in [9.17, 15) is 31.9 Å². The van der Waals surface area contributed by atoms with Gasteiger partial charge >= 0.3 is 0 Å². The summed E-state index contributed by atoms with van der Waals surface area (Å²) >= 11 is 12.5. The molecule has 0 aliphatic carbocycles. The highest BCUT2D eigenvalue weighted by Crippen LogP contribution is 2.33. The molecule has 0 bridgehead atoms. The van der Waals surface area contributed by atoms with E-state index in [-0.39, 0.29) is 52.5 Å². The lowest BCUT2D eigenvalue weighted by molar-refractivity contribution is 0.0853. The van der Waals surface area contributed by atoms with Crippen LogP contribution in [0.4, 0.5) is 23.5 Å². The van der Waals surface area contributed by atoms with Gasteiger partial charge in [-0.2, -0.15) is 0 Å². The summed E-state index contributed by atoms with van der Waals surface area (Å²) in [6.45, 7) is 3.72. The van der Waals surface area contributed by atoms with Crippen molar-refractivity contribution >= 4 is 46.9 Å². The molecule has 9 heterocycles. The predicted molar refractivity (Wildman–Crippen MR) is 307 cm³/mol. The molecule has 1 saturated heterocycles. The van der Waals surface area contributed by atoms with Crippen LogP contribution in [0.2, 0.25) is 10.0 Å². The number of H-pyrrole nitrogens is 3. The zero-order valence-electron chi connectivity index (χ0n) is 45.2. The molecule has 11 aromatic rings. The van der Waals surface area contributed by atoms with Crippen LogP contribution < -0.4 is 21.7 Å². The molecule has 1 fully saturated rings. The number of hydrogen-bond acceptors (Lipinski definition) is 13. The number of nitrogens with one attached hydrogen (secondary N) is 6. The summed E-state index contributed by atoms with van der Waals surface area (Å²) in [7, 11) is 0. The number of amides is 3. The molecule has 1 atom stereocenters. The predicted octanol–water partition coefficient (Wildman–Crippen LogP) is 8.17. The molecule has 12 rings (SSSR count). The lowest BCUT2D eigenvalue weighted by atomic mass is 10.2. The third-order valence-electron chi connectivity index (χ3n) is 13.3. The third kappa shape index (κ3) is 13.9. The number of benzene rings is 3. The molecule has 86 heavy (non-hydrogen) atoms. The molecular weight excluding hydrogens is 1160 g/mol. The highest BCUT2D eigenvalue weighted by molar-refractivity contribution is 6.43. The van der Waals surface area contributed by atoms with Crippen molar-refractivity contribution in [2.45, 2.75) is 44.9 Å². The maximum atomic E-state index is 14.1. The van der Waals surface area contributed by atoms with Crippen LogP contribution in [-0.4, -0.2) is 128 Å². The average Bonchev–Trinajstić information content (AvgIpc) is 4.33. The number of anilines is 1. The van der Waals surface area contributed by atoms with E-state index in [1.54, 1.807) is 84.6 Å². The second kappa shape index (κ2) is 27.5. The van der Waals surface area contributed by atoms with E-state index in [0.717, 1.165) is 57.5 Å². The van der Waals surface area contributed by atoms with Gasteiger partial charge in [-0.05, 0) is 80.3 Å². The van der Waals surface area contributed by atoms with Gasteiger partial charge in [-0.3, -0.25) is 28.1 Å². The first-order chi connectivity index (χ1) is 41.8. The summed E-state index contributed by atoms with van der Waals surface area (Å²) in [6.07, 6.45) is 21.7. The van der Waals surface area contributed by atoms with Gasteiger partial charge in [0.25, 0.3) is 17.7 Å². The fourth-order valence-electron chi connectivity index (χ4n) is 8.98. The molecule has 442 valence electrons. The summed E-state index contributed by atoms with van der Waals surface area (Å²) in [5.74, 6) is -3.85. The number of carbonyl (C=O) groups excluding carboxylic acids is 3. The highest BCUT2D eigenvalue weighted by Gasteiger charge is 2.23. The van der Waals surface area contributed by atoms with E-state index >= 15 is 0 Å². The summed E-state index contributed by atoms with van der Waals surface area (Å²) in [4.78, 5) is 53.7. The number of ether oxygens (including phenoxy) is 1. The van der Waals surface area contributed by atoms with Crippen molar-refractivity contribution in [2.24, 2.45) is 0 Å². The first kappa shape index (κ1) is 59.0. The second-order valence-electron chi connectivity index (χ2n) is 19.1. The zero-order chi connectivity index (χ0) is 60.1. The Morgan fingerprint density at radius 3 is 1.71 bits per heavy atom. The number of halogens is 6. The minimum atomic E-state index is -1.01. The first-order valence-electron chi connectivity index (χ1n) is 26.6. The van der Waals surface area contributed by atoms with Crippen molar-refractivity contribution < 1.29 is 36.7 Å². The molecular formula is C56H52Cl2F4N20O4. The van der Waals surface area contributed by atoms with Gasteiger partial charge in [0, 0.05) is 88.3 Å². The Morgan fingerprint density at radius 1 is 0.640 bits per heavy atom. The maximum absolute atomic E-state index is 14.1. The molecule has 1 aliphatic heterocycles. The smallest absolute Gasteiger partial charge is 0.267 e. The van der Waals surface area contributed by atoms with Crippen LogP contribution in [-0.2, 0) is 17.8 Å². The lowest BCUT2D eigenvalue weighted by Gasteiger charge is -2.10. The number of aryl methyl sites for hydroxylation is 2. The lowest BCUT2D eigenvalue weighted by Crippen LogP contribution is -2.31. The molecule has 30 heteroatoms. The van der Waals surface area contributed by atoms with Gasteiger partial charge < -0.3 is 50.5 Å². The molecule has 0 spiro atoms.